The zero-order chi connectivity index (χ0) is 19.2. The van der Waals surface area contributed by atoms with Crippen LogP contribution in [0.25, 0.3) is 0 Å². The van der Waals surface area contributed by atoms with Gasteiger partial charge in [0.15, 0.2) is 0 Å². The molecule has 2 N–H and O–H groups in total. The Morgan fingerprint density at radius 1 is 0.963 bits per heavy atom. The number of halogens is 1. The maximum atomic E-state index is 12.4. The molecule has 1 aromatic heterocycles. The highest BCUT2D eigenvalue weighted by molar-refractivity contribution is 6.33. The highest BCUT2D eigenvalue weighted by Crippen LogP contribution is 2.21. The summed E-state index contributed by atoms with van der Waals surface area (Å²) in [5.41, 5.74) is 1.46. The first-order chi connectivity index (χ1) is 13.1. The van der Waals surface area contributed by atoms with Crippen molar-refractivity contribution in [3.63, 3.8) is 0 Å². The smallest absolute Gasteiger partial charge is 0.274 e. The average molecular weight is 382 g/mol. The summed E-state index contributed by atoms with van der Waals surface area (Å²) in [6, 6.07) is 16.8. The van der Waals surface area contributed by atoms with Crippen LogP contribution in [-0.2, 0) is 0 Å². The van der Waals surface area contributed by atoms with E-state index in [1.807, 2.05) is 0 Å². The lowest BCUT2D eigenvalue weighted by Gasteiger charge is -2.09. The molecule has 0 aliphatic rings. The van der Waals surface area contributed by atoms with Crippen molar-refractivity contribution >= 4 is 34.8 Å². The lowest BCUT2D eigenvalue weighted by Crippen LogP contribution is -2.17. The van der Waals surface area contributed by atoms with E-state index in [4.69, 9.17) is 16.3 Å². The van der Waals surface area contributed by atoms with Gasteiger partial charge in [0.2, 0.25) is 0 Å². The van der Waals surface area contributed by atoms with E-state index < -0.39 is 5.91 Å². The number of pyridine rings is 1. The van der Waals surface area contributed by atoms with Crippen molar-refractivity contribution in [1.29, 1.82) is 0 Å². The number of para-hydroxylation sites is 1. The number of hydrogen-bond donors (Lipinski definition) is 2. The van der Waals surface area contributed by atoms with Crippen molar-refractivity contribution in [3.8, 4) is 5.75 Å². The summed E-state index contributed by atoms with van der Waals surface area (Å²) >= 11 is 6.05. The molecule has 0 aliphatic carbocycles. The molecular formula is C20H16ClN3O3. The Morgan fingerprint density at radius 3 is 2.56 bits per heavy atom. The number of rotatable bonds is 5. The van der Waals surface area contributed by atoms with Crippen LogP contribution >= 0.6 is 11.6 Å². The molecule has 0 spiro atoms. The lowest BCUT2D eigenvalue weighted by atomic mass is 10.2. The van der Waals surface area contributed by atoms with Gasteiger partial charge < -0.3 is 15.4 Å². The molecule has 0 saturated carbocycles. The summed E-state index contributed by atoms with van der Waals surface area (Å²) < 4.78 is 5.13. The second-order valence-corrected chi connectivity index (χ2v) is 5.96. The Kier molecular flexibility index (Phi) is 5.68. The minimum atomic E-state index is -0.435. The van der Waals surface area contributed by atoms with Crippen LogP contribution in [0.4, 0.5) is 11.4 Å². The van der Waals surface area contributed by atoms with E-state index >= 15 is 0 Å². The summed E-state index contributed by atoms with van der Waals surface area (Å²) in [5.74, 6) is -0.204. The molecule has 0 aliphatic heterocycles. The van der Waals surface area contributed by atoms with E-state index in [2.05, 4.69) is 15.6 Å². The molecule has 2 aromatic carbocycles. The normalized spacial score (nSPS) is 10.1. The van der Waals surface area contributed by atoms with E-state index in [1.54, 1.807) is 55.6 Å². The minimum Gasteiger partial charge on any atom is -0.497 e. The Hall–Kier alpha value is -3.38. The molecule has 3 rings (SSSR count). The molecule has 3 aromatic rings. The molecule has 27 heavy (non-hydrogen) atoms. The third-order valence-corrected chi connectivity index (χ3v) is 4.03. The van der Waals surface area contributed by atoms with E-state index in [1.165, 1.54) is 18.3 Å². The monoisotopic (exact) mass is 381 g/mol. The molecule has 7 heteroatoms. The van der Waals surface area contributed by atoms with Gasteiger partial charge in [0, 0.05) is 23.5 Å². The zero-order valence-electron chi connectivity index (χ0n) is 14.4. The third-order valence-electron chi connectivity index (χ3n) is 3.70. The van der Waals surface area contributed by atoms with Crippen LogP contribution in [-0.4, -0.2) is 23.9 Å². The minimum absolute atomic E-state index is 0.115. The van der Waals surface area contributed by atoms with Gasteiger partial charge >= 0.3 is 0 Å². The van der Waals surface area contributed by atoms with Crippen molar-refractivity contribution in [2.24, 2.45) is 0 Å². The average Bonchev–Trinajstić information content (AvgIpc) is 2.70. The summed E-state index contributed by atoms with van der Waals surface area (Å²) in [6.45, 7) is 0. The summed E-state index contributed by atoms with van der Waals surface area (Å²) in [5, 5.41) is 5.86. The Balaban J connectivity index is 1.75. The Morgan fingerprint density at radius 2 is 1.78 bits per heavy atom. The van der Waals surface area contributed by atoms with E-state index in [-0.39, 0.29) is 11.6 Å². The number of ether oxygens (including phenoxy) is 1. The number of nitrogens with one attached hydrogen (secondary N) is 2. The fraction of sp³-hybridized carbons (Fsp3) is 0.0500. The molecule has 2 amide bonds. The largest absolute Gasteiger partial charge is 0.497 e. The van der Waals surface area contributed by atoms with Crippen LogP contribution in [0.1, 0.15) is 20.8 Å². The number of aromatic nitrogens is 1. The fourth-order valence-electron chi connectivity index (χ4n) is 2.35. The molecule has 1 heterocycles. The highest BCUT2D eigenvalue weighted by Gasteiger charge is 2.13. The number of carbonyl (C=O) groups excluding carboxylic acids is 2. The number of benzene rings is 2. The number of amides is 2. The fourth-order valence-corrected chi connectivity index (χ4v) is 2.53. The molecule has 0 atom stereocenters. The molecule has 0 unspecified atom stereocenters. The van der Waals surface area contributed by atoms with Crippen molar-refractivity contribution < 1.29 is 14.3 Å². The van der Waals surface area contributed by atoms with E-state index in [0.29, 0.717) is 27.7 Å². The molecular weight excluding hydrogens is 366 g/mol. The second kappa shape index (κ2) is 8.33. The van der Waals surface area contributed by atoms with Gasteiger partial charge in [-0.15, -0.1) is 0 Å². The van der Waals surface area contributed by atoms with Crippen molar-refractivity contribution in [1.82, 2.24) is 4.98 Å². The third kappa shape index (κ3) is 4.62. The van der Waals surface area contributed by atoms with Gasteiger partial charge in [0.1, 0.15) is 11.4 Å². The second-order valence-electron chi connectivity index (χ2n) is 5.55. The van der Waals surface area contributed by atoms with Crippen LogP contribution in [0.2, 0.25) is 5.02 Å². The number of methoxy groups -OCH3 is 1. The van der Waals surface area contributed by atoms with Gasteiger partial charge in [-0.1, -0.05) is 29.8 Å². The molecule has 136 valence electrons. The molecule has 6 nitrogen and oxygen atoms in total. The first-order valence-corrected chi connectivity index (χ1v) is 8.42. The first-order valence-electron chi connectivity index (χ1n) is 8.04. The standard InChI is InChI=1S/C20H16ClN3O3/c1-27-15-6-4-5-14(12-15)23-20(26)18-11-13(9-10-22-18)19(25)24-17-8-3-2-7-16(17)21/h2-12H,1H3,(H,23,26)(H,24,25). The highest BCUT2D eigenvalue weighted by atomic mass is 35.5. The molecule has 0 fully saturated rings. The van der Waals surface area contributed by atoms with Gasteiger partial charge in [-0.3, -0.25) is 14.6 Å². The SMILES string of the molecule is COc1cccc(NC(=O)c2cc(C(=O)Nc3ccccc3Cl)ccn2)c1. The number of hydrogen-bond acceptors (Lipinski definition) is 4. The summed E-state index contributed by atoms with van der Waals surface area (Å²) in [4.78, 5) is 28.9. The lowest BCUT2D eigenvalue weighted by molar-refractivity contribution is 0.102. The van der Waals surface area contributed by atoms with Crippen LogP contribution in [0.3, 0.4) is 0 Å². The molecule has 0 radical (unpaired) electrons. The Labute approximate surface area is 161 Å². The van der Waals surface area contributed by atoms with Gasteiger partial charge in [-0.2, -0.15) is 0 Å². The number of carbonyl (C=O) groups is 2. The summed E-state index contributed by atoms with van der Waals surface area (Å²) in [6.07, 6.45) is 1.40. The van der Waals surface area contributed by atoms with Crippen molar-refractivity contribution in [3.05, 3.63) is 83.1 Å². The number of nitrogens with zero attached hydrogens (tertiary/aromatic N) is 1. The Bertz CT molecular complexity index is 991. The van der Waals surface area contributed by atoms with Crippen molar-refractivity contribution in [2.75, 3.05) is 17.7 Å². The van der Waals surface area contributed by atoms with Gasteiger partial charge in [0.25, 0.3) is 11.8 Å². The predicted molar refractivity (Wildman–Crippen MR) is 105 cm³/mol. The first kappa shape index (κ1) is 18.4. The van der Waals surface area contributed by atoms with E-state index in [9.17, 15) is 9.59 Å². The number of anilines is 2. The van der Waals surface area contributed by atoms with Crippen LogP contribution in [0, 0.1) is 0 Å². The van der Waals surface area contributed by atoms with Gasteiger partial charge in [-0.05, 0) is 36.4 Å². The quantitative estimate of drug-likeness (QED) is 0.692. The maximum Gasteiger partial charge on any atom is 0.274 e. The van der Waals surface area contributed by atoms with Crippen LogP contribution < -0.4 is 15.4 Å². The zero-order valence-corrected chi connectivity index (χ0v) is 15.2. The topological polar surface area (TPSA) is 80.3 Å². The van der Waals surface area contributed by atoms with Crippen molar-refractivity contribution in [2.45, 2.75) is 0 Å². The predicted octanol–water partition coefficient (Wildman–Crippen LogP) is 4.25. The van der Waals surface area contributed by atoms with Gasteiger partial charge in [0.05, 0.1) is 17.8 Å². The maximum absolute atomic E-state index is 12.4. The molecule has 0 bridgehead atoms. The van der Waals surface area contributed by atoms with Crippen LogP contribution in [0.15, 0.2) is 66.9 Å². The summed E-state index contributed by atoms with van der Waals surface area (Å²) in [7, 11) is 1.55. The van der Waals surface area contributed by atoms with Gasteiger partial charge in [-0.25, -0.2) is 0 Å². The van der Waals surface area contributed by atoms with Crippen LogP contribution in [0.5, 0.6) is 5.75 Å². The molecule has 0 saturated heterocycles. The van der Waals surface area contributed by atoms with E-state index in [0.717, 1.165) is 0 Å².